The van der Waals surface area contributed by atoms with E-state index in [1.165, 1.54) is 17.8 Å². The molecule has 0 N–H and O–H groups in total. The average Bonchev–Trinajstić information content (AvgIpc) is 2.71. The zero-order valence-corrected chi connectivity index (χ0v) is 16.0. The summed E-state index contributed by atoms with van der Waals surface area (Å²) in [6.07, 6.45) is 0. The fourth-order valence-corrected chi connectivity index (χ4v) is 4.29. The molecule has 0 aliphatic carbocycles. The van der Waals surface area contributed by atoms with Crippen molar-refractivity contribution in [2.45, 2.75) is 24.4 Å². The lowest BCUT2D eigenvalue weighted by atomic mass is 10.1. The molecule has 0 radical (unpaired) electrons. The van der Waals surface area contributed by atoms with E-state index in [1.54, 1.807) is 22.8 Å². The number of rotatable bonds is 5. The van der Waals surface area contributed by atoms with E-state index in [0.29, 0.717) is 33.9 Å². The van der Waals surface area contributed by atoms with Crippen molar-refractivity contribution in [3.63, 3.8) is 0 Å². The summed E-state index contributed by atoms with van der Waals surface area (Å²) < 4.78 is 1.62. The van der Waals surface area contributed by atoms with Crippen LogP contribution in [0.5, 0.6) is 0 Å². The topological polar surface area (TPSA) is 78.0 Å². The monoisotopic (exact) mass is 391 g/mol. The van der Waals surface area contributed by atoms with Crippen LogP contribution < -0.4 is 5.56 Å². The third kappa shape index (κ3) is 3.25. The number of hydrogen-bond donors (Lipinski definition) is 0. The van der Waals surface area contributed by atoms with Crippen molar-refractivity contribution in [3.8, 4) is 0 Å². The van der Waals surface area contributed by atoms with Crippen molar-refractivity contribution < 1.29 is 4.92 Å². The summed E-state index contributed by atoms with van der Waals surface area (Å²) in [5.41, 5.74) is 1.22. The summed E-state index contributed by atoms with van der Waals surface area (Å²) in [5, 5.41) is 14.4. The molecule has 6 nitrogen and oxygen atoms in total. The number of fused-ring (bicyclic) bond motifs is 2. The van der Waals surface area contributed by atoms with Gasteiger partial charge in [-0.3, -0.25) is 19.5 Å². The Labute approximate surface area is 165 Å². The molecule has 7 heteroatoms. The molecule has 0 saturated carbocycles. The SMILES string of the molecule is CCn1c(SCc2ccccc2[N+](=O)[O-])nc2cc3ccccc3cc2c1=O. The van der Waals surface area contributed by atoms with Crippen LogP contribution in [0.15, 0.2) is 70.6 Å². The van der Waals surface area contributed by atoms with Gasteiger partial charge >= 0.3 is 0 Å². The van der Waals surface area contributed by atoms with E-state index in [0.717, 1.165) is 10.8 Å². The van der Waals surface area contributed by atoms with Crippen molar-refractivity contribution in [2.75, 3.05) is 0 Å². The number of para-hydroxylation sites is 1. The number of nitro benzene ring substituents is 1. The van der Waals surface area contributed by atoms with Gasteiger partial charge in [0.15, 0.2) is 5.16 Å². The molecule has 0 aliphatic rings. The molecular formula is C21H17N3O3S. The zero-order chi connectivity index (χ0) is 19.7. The molecule has 140 valence electrons. The molecule has 1 aromatic heterocycles. The predicted molar refractivity (Wildman–Crippen MR) is 112 cm³/mol. The first kappa shape index (κ1) is 18.2. The van der Waals surface area contributed by atoms with E-state index in [4.69, 9.17) is 4.98 Å². The molecule has 0 aliphatic heterocycles. The molecule has 0 spiro atoms. The van der Waals surface area contributed by atoms with E-state index < -0.39 is 0 Å². The third-order valence-corrected chi connectivity index (χ3v) is 5.67. The van der Waals surface area contributed by atoms with Crippen LogP contribution in [0.4, 0.5) is 5.69 Å². The van der Waals surface area contributed by atoms with Crippen molar-refractivity contribution in [1.29, 1.82) is 0 Å². The van der Waals surface area contributed by atoms with Crippen molar-refractivity contribution in [3.05, 3.63) is 86.7 Å². The summed E-state index contributed by atoms with van der Waals surface area (Å²) in [7, 11) is 0. The molecule has 0 saturated heterocycles. The summed E-state index contributed by atoms with van der Waals surface area (Å²) in [5.74, 6) is 0.364. The van der Waals surface area contributed by atoms with Crippen LogP contribution in [0, 0.1) is 10.1 Å². The highest BCUT2D eigenvalue weighted by Crippen LogP contribution is 2.28. The van der Waals surface area contributed by atoms with Gasteiger partial charge in [-0.05, 0) is 29.8 Å². The molecule has 4 rings (SSSR count). The molecule has 28 heavy (non-hydrogen) atoms. The van der Waals surface area contributed by atoms with E-state index in [-0.39, 0.29) is 16.2 Å². The third-order valence-electron chi connectivity index (χ3n) is 4.65. The fraction of sp³-hybridized carbons (Fsp3) is 0.143. The van der Waals surface area contributed by atoms with E-state index in [9.17, 15) is 14.9 Å². The van der Waals surface area contributed by atoms with Crippen LogP contribution in [0.1, 0.15) is 12.5 Å². The smallest absolute Gasteiger partial charge is 0.273 e. The minimum Gasteiger partial charge on any atom is -0.287 e. The minimum atomic E-state index is -0.386. The number of nitrogens with zero attached hydrogens (tertiary/aromatic N) is 3. The Morgan fingerprint density at radius 2 is 1.75 bits per heavy atom. The van der Waals surface area contributed by atoms with Gasteiger partial charge < -0.3 is 0 Å². The van der Waals surface area contributed by atoms with Crippen molar-refractivity contribution in [2.24, 2.45) is 0 Å². The first-order chi connectivity index (χ1) is 13.6. The quantitative estimate of drug-likeness (QED) is 0.161. The number of benzene rings is 3. The summed E-state index contributed by atoms with van der Waals surface area (Å²) >= 11 is 1.34. The van der Waals surface area contributed by atoms with Gasteiger partial charge in [-0.15, -0.1) is 0 Å². The van der Waals surface area contributed by atoms with Gasteiger partial charge in [-0.25, -0.2) is 4.98 Å². The lowest BCUT2D eigenvalue weighted by Crippen LogP contribution is -2.22. The number of aromatic nitrogens is 2. The van der Waals surface area contributed by atoms with Crippen LogP contribution in [0.25, 0.3) is 21.7 Å². The Kier molecular flexibility index (Phi) is 4.83. The van der Waals surface area contributed by atoms with E-state index in [1.807, 2.05) is 43.3 Å². The molecule has 3 aromatic carbocycles. The van der Waals surface area contributed by atoms with Gasteiger partial charge in [0.2, 0.25) is 0 Å². The maximum absolute atomic E-state index is 13.0. The second-order valence-corrected chi connectivity index (χ2v) is 7.28. The van der Waals surface area contributed by atoms with Gasteiger partial charge in [0.25, 0.3) is 11.2 Å². The maximum atomic E-state index is 13.0. The lowest BCUT2D eigenvalue weighted by molar-refractivity contribution is -0.385. The maximum Gasteiger partial charge on any atom is 0.273 e. The highest BCUT2D eigenvalue weighted by atomic mass is 32.2. The second-order valence-electron chi connectivity index (χ2n) is 6.33. The number of hydrogen-bond acceptors (Lipinski definition) is 5. The Morgan fingerprint density at radius 3 is 2.46 bits per heavy atom. The Balaban J connectivity index is 1.79. The van der Waals surface area contributed by atoms with Crippen molar-refractivity contribution >= 4 is 39.1 Å². The summed E-state index contributed by atoms with van der Waals surface area (Å²) in [6.45, 7) is 2.37. The highest BCUT2D eigenvalue weighted by Gasteiger charge is 2.16. The first-order valence-corrected chi connectivity index (χ1v) is 9.85. The van der Waals surface area contributed by atoms with Gasteiger partial charge in [0, 0.05) is 23.9 Å². The van der Waals surface area contributed by atoms with Crippen LogP contribution in [-0.4, -0.2) is 14.5 Å². The number of thioether (sulfide) groups is 1. The predicted octanol–water partition coefficient (Wildman–Crippen LogP) is 4.77. The second kappa shape index (κ2) is 7.44. The summed E-state index contributed by atoms with van der Waals surface area (Å²) in [6, 6.07) is 18.3. The highest BCUT2D eigenvalue weighted by molar-refractivity contribution is 7.98. The normalized spacial score (nSPS) is 11.2. The minimum absolute atomic E-state index is 0.0761. The molecule has 0 fully saturated rings. The van der Waals surface area contributed by atoms with Crippen LogP contribution in [-0.2, 0) is 12.3 Å². The first-order valence-electron chi connectivity index (χ1n) is 8.87. The fourth-order valence-electron chi connectivity index (χ4n) is 3.23. The van der Waals surface area contributed by atoms with Gasteiger partial charge in [-0.1, -0.05) is 54.2 Å². The van der Waals surface area contributed by atoms with E-state index in [2.05, 4.69) is 0 Å². The lowest BCUT2D eigenvalue weighted by Gasteiger charge is -2.12. The Bertz CT molecular complexity index is 1270. The molecule has 0 unspecified atom stereocenters. The molecule has 4 aromatic rings. The van der Waals surface area contributed by atoms with Crippen LogP contribution >= 0.6 is 11.8 Å². The van der Waals surface area contributed by atoms with Crippen LogP contribution in [0.3, 0.4) is 0 Å². The van der Waals surface area contributed by atoms with Gasteiger partial charge in [0.05, 0.1) is 15.8 Å². The van der Waals surface area contributed by atoms with Crippen LogP contribution in [0.2, 0.25) is 0 Å². The molecule has 0 amide bonds. The van der Waals surface area contributed by atoms with E-state index >= 15 is 0 Å². The standard InChI is InChI=1S/C21H17N3O3S/c1-2-23-20(25)17-11-14-7-3-4-8-15(14)12-18(17)22-21(23)28-13-16-9-5-6-10-19(16)24(26)27/h3-12H,2,13H2,1H3. The van der Waals surface area contributed by atoms with Gasteiger partial charge in [0.1, 0.15) is 0 Å². The molecule has 0 atom stereocenters. The zero-order valence-electron chi connectivity index (χ0n) is 15.2. The van der Waals surface area contributed by atoms with Crippen molar-refractivity contribution in [1.82, 2.24) is 9.55 Å². The largest absolute Gasteiger partial charge is 0.287 e. The number of nitro groups is 1. The Morgan fingerprint density at radius 1 is 1.07 bits per heavy atom. The Hall–Kier alpha value is -3.19. The molecule has 0 bridgehead atoms. The van der Waals surface area contributed by atoms with Gasteiger partial charge in [-0.2, -0.15) is 0 Å². The molecular weight excluding hydrogens is 374 g/mol. The average molecular weight is 391 g/mol. The molecule has 1 heterocycles. The summed E-state index contributed by atoms with van der Waals surface area (Å²) in [4.78, 5) is 28.6.